The number of hydrogen-bond donors (Lipinski definition) is 0. The van der Waals surface area contributed by atoms with Crippen LogP contribution in [0.15, 0.2) is 18.2 Å². The van der Waals surface area contributed by atoms with Crippen LogP contribution in [-0.4, -0.2) is 25.8 Å². The number of halogens is 2. The van der Waals surface area contributed by atoms with Crippen molar-refractivity contribution in [3.8, 4) is 6.07 Å². The van der Waals surface area contributed by atoms with Crippen molar-refractivity contribution in [1.29, 1.82) is 5.26 Å². The molecule has 1 aromatic carbocycles. The zero-order valence-electron chi connectivity index (χ0n) is 9.20. The summed E-state index contributed by atoms with van der Waals surface area (Å²) in [5, 5.41) is 9.45. The SMILES string of the molecule is N#CC1CN(c2ccc(F)cc2CBr)CCO1. The van der Waals surface area contributed by atoms with Crippen molar-refractivity contribution >= 4 is 21.6 Å². The Hall–Kier alpha value is -1.12. The molecule has 1 atom stereocenters. The van der Waals surface area contributed by atoms with Gasteiger partial charge in [0, 0.05) is 17.6 Å². The summed E-state index contributed by atoms with van der Waals surface area (Å²) >= 11 is 3.35. The number of rotatable bonds is 2. The lowest BCUT2D eigenvalue weighted by Crippen LogP contribution is -2.42. The van der Waals surface area contributed by atoms with E-state index in [1.807, 2.05) is 0 Å². The number of nitrogens with zero attached hydrogens (tertiary/aromatic N) is 2. The number of nitriles is 1. The molecule has 0 N–H and O–H groups in total. The van der Waals surface area contributed by atoms with E-state index >= 15 is 0 Å². The number of alkyl halides is 1. The van der Waals surface area contributed by atoms with Gasteiger partial charge in [-0.25, -0.2) is 4.39 Å². The van der Waals surface area contributed by atoms with Crippen LogP contribution in [0.1, 0.15) is 5.56 Å². The van der Waals surface area contributed by atoms with Crippen LogP contribution >= 0.6 is 15.9 Å². The highest BCUT2D eigenvalue weighted by atomic mass is 79.9. The second-order valence-corrected chi connectivity index (χ2v) is 4.40. The first-order valence-electron chi connectivity index (χ1n) is 5.35. The molecule has 1 saturated heterocycles. The molecule has 1 unspecified atom stereocenters. The standard InChI is InChI=1S/C12H12BrFN2O/c13-6-9-5-10(14)1-2-12(9)16-3-4-17-11(7-15)8-16/h1-2,5,11H,3-4,6,8H2. The van der Waals surface area contributed by atoms with Crippen molar-refractivity contribution in [2.24, 2.45) is 0 Å². The summed E-state index contributed by atoms with van der Waals surface area (Å²) in [5.74, 6) is -0.242. The molecule has 90 valence electrons. The first kappa shape index (κ1) is 12.3. The van der Waals surface area contributed by atoms with E-state index in [4.69, 9.17) is 10.00 Å². The largest absolute Gasteiger partial charge is 0.365 e. The topological polar surface area (TPSA) is 36.3 Å². The molecule has 1 aliphatic heterocycles. The molecule has 5 heteroatoms. The van der Waals surface area contributed by atoms with Crippen molar-refractivity contribution < 1.29 is 9.13 Å². The van der Waals surface area contributed by atoms with Crippen molar-refractivity contribution in [2.45, 2.75) is 11.4 Å². The molecule has 3 nitrogen and oxygen atoms in total. The Morgan fingerprint density at radius 1 is 1.59 bits per heavy atom. The average Bonchev–Trinajstić information content (AvgIpc) is 2.38. The molecular weight excluding hydrogens is 287 g/mol. The van der Waals surface area contributed by atoms with E-state index in [9.17, 15) is 4.39 Å². The van der Waals surface area contributed by atoms with Crippen molar-refractivity contribution in [2.75, 3.05) is 24.6 Å². The van der Waals surface area contributed by atoms with Crippen LogP contribution in [0.4, 0.5) is 10.1 Å². The minimum atomic E-state index is -0.406. The fraction of sp³-hybridized carbons (Fsp3) is 0.417. The van der Waals surface area contributed by atoms with Gasteiger partial charge in [0.05, 0.1) is 19.2 Å². The minimum absolute atomic E-state index is 0.242. The molecule has 1 aromatic rings. The molecule has 0 aliphatic carbocycles. The Labute approximate surface area is 108 Å². The summed E-state index contributed by atoms with van der Waals surface area (Å²) in [6.45, 7) is 1.78. The second kappa shape index (κ2) is 5.48. The lowest BCUT2D eigenvalue weighted by Gasteiger charge is -2.32. The van der Waals surface area contributed by atoms with Gasteiger partial charge in [-0.1, -0.05) is 15.9 Å². The van der Waals surface area contributed by atoms with Crippen LogP contribution in [-0.2, 0) is 10.1 Å². The Morgan fingerprint density at radius 3 is 3.12 bits per heavy atom. The van der Waals surface area contributed by atoms with Crippen molar-refractivity contribution in [1.82, 2.24) is 0 Å². The Bertz CT molecular complexity index is 447. The van der Waals surface area contributed by atoms with Crippen LogP contribution in [0.2, 0.25) is 0 Å². The molecule has 2 rings (SSSR count). The van der Waals surface area contributed by atoms with E-state index in [0.717, 1.165) is 17.8 Å². The molecule has 0 saturated carbocycles. The monoisotopic (exact) mass is 298 g/mol. The van der Waals surface area contributed by atoms with E-state index in [2.05, 4.69) is 26.9 Å². The van der Waals surface area contributed by atoms with Gasteiger partial charge in [-0.15, -0.1) is 0 Å². The second-order valence-electron chi connectivity index (χ2n) is 3.84. The van der Waals surface area contributed by atoms with Crippen molar-refractivity contribution in [3.05, 3.63) is 29.6 Å². The fourth-order valence-electron chi connectivity index (χ4n) is 1.92. The predicted octanol–water partition coefficient (Wildman–Crippen LogP) is 2.45. The van der Waals surface area contributed by atoms with Gasteiger partial charge in [0.1, 0.15) is 5.82 Å². The van der Waals surface area contributed by atoms with Crippen LogP contribution in [0, 0.1) is 17.1 Å². The van der Waals surface area contributed by atoms with Crippen LogP contribution in [0.25, 0.3) is 0 Å². The predicted molar refractivity (Wildman–Crippen MR) is 66.6 cm³/mol. The Balaban J connectivity index is 2.24. The van der Waals surface area contributed by atoms with Crippen LogP contribution in [0.5, 0.6) is 0 Å². The third-order valence-electron chi connectivity index (χ3n) is 2.74. The van der Waals surface area contributed by atoms with Gasteiger partial charge in [-0.05, 0) is 23.8 Å². The summed E-state index contributed by atoms with van der Waals surface area (Å²) in [6, 6.07) is 6.82. The third kappa shape index (κ3) is 2.76. The van der Waals surface area contributed by atoms with E-state index in [0.29, 0.717) is 18.5 Å². The van der Waals surface area contributed by atoms with Gasteiger partial charge >= 0.3 is 0 Å². The van der Waals surface area contributed by atoms with Gasteiger partial charge in [-0.2, -0.15) is 5.26 Å². The first-order valence-corrected chi connectivity index (χ1v) is 6.47. The number of benzene rings is 1. The van der Waals surface area contributed by atoms with Gasteiger partial charge in [0.25, 0.3) is 0 Å². The molecule has 0 radical (unpaired) electrons. The minimum Gasteiger partial charge on any atom is -0.365 e. The average molecular weight is 299 g/mol. The van der Waals surface area contributed by atoms with E-state index in [1.54, 1.807) is 6.07 Å². The maximum absolute atomic E-state index is 13.1. The Kier molecular flexibility index (Phi) is 3.97. The summed E-state index contributed by atoms with van der Waals surface area (Å²) in [5.41, 5.74) is 1.86. The smallest absolute Gasteiger partial charge is 0.161 e. The highest BCUT2D eigenvalue weighted by molar-refractivity contribution is 9.08. The molecule has 0 bridgehead atoms. The first-order chi connectivity index (χ1) is 8.24. The van der Waals surface area contributed by atoms with E-state index < -0.39 is 6.10 Å². The molecular formula is C12H12BrFN2O. The summed E-state index contributed by atoms with van der Waals surface area (Å²) in [4.78, 5) is 2.06. The van der Waals surface area contributed by atoms with Gasteiger partial charge in [0.2, 0.25) is 0 Å². The van der Waals surface area contributed by atoms with Gasteiger partial charge in [0.15, 0.2) is 6.10 Å². The Morgan fingerprint density at radius 2 is 2.41 bits per heavy atom. The number of ether oxygens (including phenoxy) is 1. The molecule has 0 amide bonds. The molecule has 1 heterocycles. The van der Waals surface area contributed by atoms with E-state index in [1.165, 1.54) is 12.1 Å². The fourth-order valence-corrected chi connectivity index (χ4v) is 2.36. The lowest BCUT2D eigenvalue weighted by molar-refractivity contribution is 0.0764. The van der Waals surface area contributed by atoms with Crippen LogP contribution < -0.4 is 4.90 Å². The van der Waals surface area contributed by atoms with Gasteiger partial charge in [-0.3, -0.25) is 0 Å². The highest BCUT2D eigenvalue weighted by Gasteiger charge is 2.21. The van der Waals surface area contributed by atoms with Gasteiger partial charge < -0.3 is 9.64 Å². The quantitative estimate of drug-likeness (QED) is 0.787. The maximum Gasteiger partial charge on any atom is 0.161 e. The maximum atomic E-state index is 13.1. The third-order valence-corrected chi connectivity index (χ3v) is 3.34. The molecule has 0 aromatic heterocycles. The molecule has 1 fully saturated rings. The lowest BCUT2D eigenvalue weighted by atomic mass is 10.1. The highest BCUT2D eigenvalue weighted by Crippen LogP contribution is 2.25. The number of anilines is 1. The van der Waals surface area contributed by atoms with Crippen LogP contribution in [0.3, 0.4) is 0 Å². The molecule has 17 heavy (non-hydrogen) atoms. The number of morpholine rings is 1. The summed E-state index contributed by atoms with van der Waals surface area (Å²) in [6.07, 6.45) is -0.406. The molecule has 1 aliphatic rings. The normalized spacial score (nSPS) is 20.1. The molecule has 0 spiro atoms. The zero-order valence-corrected chi connectivity index (χ0v) is 10.8. The zero-order chi connectivity index (χ0) is 12.3. The number of hydrogen-bond acceptors (Lipinski definition) is 3. The van der Waals surface area contributed by atoms with E-state index in [-0.39, 0.29) is 5.82 Å². The van der Waals surface area contributed by atoms with Crippen molar-refractivity contribution in [3.63, 3.8) is 0 Å². The summed E-state index contributed by atoms with van der Waals surface area (Å²) in [7, 11) is 0. The summed E-state index contributed by atoms with van der Waals surface area (Å²) < 4.78 is 18.4.